The van der Waals surface area contributed by atoms with E-state index in [4.69, 9.17) is 9.47 Å². The number of carboxylic acid groups (broad SMARTS) is 1. The number of fused-ring (bicyclic) bond motifs is 7. The van der Waals surface area contributed by atoms with Gasteiger partial charge in [-0.2, -0.15) is 4.68 Å². The molecule has 0 amide bonds. The number of methoxy groups -OCH3 is 1. The second kappa shape index (κ2) is 13.2. The minimum atomic E-state index is -1.18. The molecule has 0 spiro atoms. The van der Waals surface area contributed by atoms with Crippen molar-refractivity contribution >= 4 is 17.7 Å². The number of rotatable bonds is 8. The predicted octanol–water partition coefficient (Wildman–Crippen LogP) is 8.53. The fraction of sp³-hybridized carbons (Fsp3) is 0.717. The minimum Gasteiger partial charge on any atom is -0.495 e. The Balaban J connectivity index is 1.25. The second-order valence-electron chi connectivity index (χ2n) is 20.7. The zero-order valence-electron chi connectivity index (χ0n) is 35.9. The largest absolute Gasteiger partial charge is 0.495 e. The van der Waals surface area contributed by atoms with E-state index in [1.165, 1.54) is 5.57 Å². The smallest absolute Gasteiger partial charge is 0.309 e. The van der Waals surface area contributed by atoms with Crippen LogP contribution in [-0.4, -0.2) is 50.4 Å². The van der Waals surface area contributed by atoms with Crippen molar-refractivity contribution in [3.05, 3.63) is 51.1 Å². The summed E-state index contributed by atoms with van der Waals surface area (Å²) < 4.78 is 15.2. The molecular weight excluding hydrogens is 707 g/mol. The molecular formula is C46H65N3O7. The highest BCUT2D eigenvalue weighted by Crippen LogP contribution is 2.77. The molecule has 0 aliphatic heterocycles. The highest BCUT2D eigenvalue weighted by molar-refractivity contribution is 6.02. The summed E-state index contributed by atoms with van der Waals surface area (Å²) in [7, 11) is 3.55. The first kappa shape index (κ1) is 40.5. The van der Waals surface area contributed by atoms with Gasteiger partial charge in [-0.25, -0.2) is 4.98 Å². The number of nitrogens with zero attached hydrogens (tertiary/aromatic N) is 3. The molecule has 0 unspecified atom stereocenters. The maximum Gasteiger partial charge on any atom is 0.309 e. The molecule has 1 N–H and O–H groups in total. The van der Waals surface area contributed by atoms with E-state index in [-0.39, 0.29) is 57.4 Å². The minimum absolute atomic E-state index is 0.0129. The standard InChI is InChI=1S/C46H65N3O7/c1-26(2)36-30(50)23-46(38-27(3)39(52)49(48(38)11)34-16-13-28(55-12)25-47-34)22-21-44(9)29(37(36)46)14-15-32-43(8)19-18-33(56-35(51)24-41(4,5)40(53)54)42(6,7)31(43)17-20-45(32,44)10/h13,16,25-26,29,31-33H,14-15,17-24H2,1-12H3,(H,53,54)/t29-,31+,32-,33+,43+,44-,45-,46-/m1/s1. The molecule has 0 radical (unpaired) electrons. The van der Waals surface area contributed by atoms with E-state index in [2.05, 4.69) is 53.5 Å². The molecule has 10 heteroatoms. The number of aliphatic carboxylic acids is 1. The van der Waals surface area contributed by atoms with E-state index < -0.39 is 22.8 Å². The van der Waals surface area contributed by atoms with Crippen LogP contribution in [0.5, 0.6) is 5.75 Å². The third-order valence-electron chi connectivity index (χ3n) is 16.9. The van der Waals surface area contributed by atoms with Crippen molar-refractivity contribution in [3.8, 4) is 11.6 Å². The number of carbonyl (C=O) groups excluding carboxylic acids is 2. The first-order valence-electron chi connectivity index (χ1n) is 21.0. The van der Waals surface area contributed by atoms with Gasteiger partial charge in [-0.05, 0) is 135 Å². The molecule has 5 aliphatic rings. The van der Waals surface area contributed by atoms with Crippen molar-refractivity contribution in [2.45, 2.75) is 145 Å². The van der Waals surface area contributed by atoms with E-state index in [9.17, 15) is 24.3 Å². The van der Waals surface area contributed by atoms with Crippen LogP contribution in [0.15, 0.2) is 34.3 Å². The third kappa shape index (κ3) is 5.49. The Kier molecular flexibility index (Phi) is 9.52. The van der Waals surface area contributed by atoms with Gasteiger partial charge in [-0.3, -0.25) is 23.9 Å². The number of allylic oxidation sites excluding steroid dienone is 2. The van der Waals surface area contributed by atoms with Gasteiger partial charge in [0.25, 0.3) is 5.56 Å². The molecule has 10 nitrogen and oxygen atoms in total. The lowest BCUT2D eigenvalue weighted by molar-refractivity contribution is -0.232. The van der Waals surface area contributed by atoms with E-state index in [0.29, 0.717) is 35.4 Å². The van der Waals surface area contributed by atoms with Gasteiger partial charge in [-0.1, -0.05) is 48.5 Å². The number of ether oxygens (including phenoxy) is 2. The average molecular weight is 772 g/mol. The van der Waals surface area contributed by atoms with Gasteiger partial charge >= 0.3 is 11.9 Å². The molecule has 4 fully saturated rings. The Morgan fingerprint density at radius 1 is 0.964 bits per heavy atom. The van der Waals surface area contributed by atoms with Crippen LogP contribution in [0.4, 0.5) is 0 Å². The van der Waals surface area contributed by atoms with Crippen molar-refractivity contribution in [1.82, 2.24) is 14.3 Å². The Morgan fingerprint density at radius 3 is 2.27 bits per heavy atom. The van der Waals surface area contributed by atoms with E-state index >= 15 is 0 Å². The number of Topliss-reactive ketones (excluding diaryl/α,β-unsaturated/α-hetero) is 1. The summed E-state index contributed by atoms with van der Waals surface area (Å²) >= 11 is 0. The first-order valence-corrected chi connectivity index (χ1v) is 21.0. The van der Waals surface area contributed by atoms with Crippen molar-refractivity contribution in [2.24, 2.45) is 57.8 Å². The molecule has 7 rings (SSSR count). The quantitative estimate of drug-likeness (QED) is 0.265. The number of aromatic nitrogens is 3. The molecule has 5 aliphatic carbocycles. The molecule has 2 heterocycles. The van der Waals surface area contributed by atoms with Gasteiger partial charge in [0.2, 0.25) is 0 Å². The van der Waals surface area contributed by atoms with Gasteiger partial charge in [0.05, 0.1) is 30.8 Å². The number of ketones is 1. The van der Waals surface area contributed by atoms with Crippen molar-refractivity contribution in [2.75, 3.05) is 7.11 Å². The van der Waals surface area contributed by atoms with Gasteiger partial charge in [0.1, 0.15) is 11.9 Å². The van der Waals surface area contributed by atoms with Crippen LogP contribution >= 0.6 is 0 Å². The molecule has 2 aromatic rings. The van der Waals surface area contributed by atoms with Crippen LogP contribution in [0.1, 0.15) is 138 Å². The third-order valence-corrected chi connectivity index (χ3v) is 16.9. The monoisotopic (exact) mass is 771 g/mol. The number of esters is 1. The Bertz CT molecular complexity index is 2050. The van der Waals surface area contributed by atoms with E-state index in [1.54, 1.807) is 31.8 Å². The Morgan fingerprint density at radius 2 is 1.66 bits per heavy atom. The number of hydrogen-bond acceptors (Lipinski definition) is 7. The lowest BCUT2D eigenvalue weighted by Gasteiger charge is -2.72. The van der Waals surface area contributed by atoms with E-state index in [1.807, 2.05) is 30.8 Å². The zero-order valence-corrected chi connectivity index (χ0v) is 35.9. The molecule has 0 bridgehead atoms. The number of carboxylic acids is 1. The van der Waals surface area contributed by atoms with Crippen molar-refractivity contribution < 1.29 is 29.0 Å². The topological polar surface area (TPSA) is 130 Å². The lowest BCUT2D eigenvalue weighted by Crippen LogP contribution is -2.66. The summed E-state index contributed by atoms with van der Waals surface area (Å²) in [5, 5.41) is 9.65. The summed E-state index contributed by atoms with van der Waals surface area (Å²) in [6.45, 7) is 21.6. The molecule has 2 aromatic heterocycles. The number of pyridine rings is 1. The molecule has 0 saturated heterocycles. The van der Waals surface area contributed by atoms with Crippen molar-refractivity contribution in [1.29, 1.82) is 0 Å². The molecule has 0 aromatic carbocycles. The van der Waals surface area contributed by atoms with Gasteiger partial charge < -0.3 is 14.6 Å². The number of hydrogen-bond donors (Lipinski definition) is 1. The fourth-order valence-electron chi connectivity index (χ4n) is 14.0. The number of carbonyl (C=O) groups is 3. The maximum absolute atomic E-state index is 14.4. The highest BCUT2D eigenvalue weighted by Gasteiger charge is 2.70. The van der Waals surface area contributed by atoms with Crippen LogP contribution in [0.3, 0.4) is 0 Å². The van der Waals surface area contributed by atoms with Crippen LogP contribution in [0, 0.1) is 57.7 Å². The van der Waals surface area contributed by atoms with E-state index in [0.717, 1.165) is 62.6 Å². The van der Waals surface area contributed by atoms with Crippen LogP contribution in [-0.2, 0) is 31.6 Å². The summed E-state index contributed by atoms with van der Waals surface area (Å²) in [5.74, 6) is 1.03. The molecule has 56 heavy (non-hydrogen) atoms. The van der Waals surface area contributed by atoms with Crippen LogP contribution in [0.2, 0.25) is 0 Å². The molecule has 4 saturated carbocycles. The van der Waals surface area contributed by atoms with Gasteiger partial charge in [-0.15, -0.1) is 0 Å². The fourth-order valence-corrected chi connectivity index (χ4v) is 14.0. The first-order chi connectivity index (χ1) is 26.0. The molecule has 8 atom stereocenters. The summed E-state index contributed by atoms with van der Waals surface area (Å²) in [6, 6.07) is 3.63. The zero-order chi connectivity index (χ0) is 41.1. The van der Waals surface area contributed by atoms with Gasteiger partial charge in [0, 0.05) is 29.9 Å². The maximum atomic E-state index is 14.4. The van der Waals surface area contributed by atoms with Crippen LogP contribution < -0.4 is 10.3 Å². The Labute approximate surface area is 332 Å². The normalized spacial score (nSPS) is 35.1. The predicted molar refractivity (Wildman–Crippen MR) is 215 cm³/mol. The van der Waals surface area contributed by atoms with Crippen molar-refractivity contribution in [3.63, 3.8) is 0 Å². The summed E-state index contributed by atoms with van der Waals surface area (Å²) in [6.07, 6.45) is 9.26. The summed E-state index contributed by atoms with van der Waals surface area (Å²) in [5.41, 5.74) is 1.80. The summed E-state index contributed by atoms with van der Waals surface area (Å²) in [4.78, 5) is 58.2. The average Bonchev–Trinajstić information content (AvgIpc) is 3.54. The van der Waals surface area contributed by atoms with Gasteiger partial charge in [0.15, 0.2) is 11.6 Å². The SMILES string of the molecule is COc1ccc(-n2c(=O)c(C)c([C@@]34CC[C@]5(C)[C@H](CC[C@@H]6[C@@]7(C)CC[C@H](OC(=O)CC(C)(C)C(=O)O)C(C)(C)[C@@H]7CC[C@]65C)C3=C(C(C)C)C(=O)C4)n2C)nc1. The molecule has 306 valence electrons. The second-order valence-corrected chi connectivity index (χ2v) is 20.7. The Hall–Kier alpha value is -3.69. The highest BCUT2D eigenvalue weighted by atomic mass is 16.5. The van der Waals surface area contributed by atoms with Crippen LogP contribution in [0.25, 0.3) is 5.82 Å². The lowest BCUT2D eigenvalue weighted by atomic mass is 9.33.